The van der Waals surface area contributed by atoms with E-state index in [1.165, 1.54) is 5.69 Å². The number of ether oxygens (including phenoxy) is 1. The van der Waals surface area contributed by atoms with Crippen molar-refractivity contribution in [2.45, 2.75) is 32.6 Å². The normalized spacial score (nSPS) is 19.2. The first-order chi connectivity index (χ1) is 12.3. The van der Waals surface area contributed by atoms with E-state index in [0.29, 0.717) is 18.2 Å². The maximum Gasteiger partial charge on any atom is 0.274 e. The van der Waals surface area contributed by atoms with E-state index in [2.05, 4.69) is 0 Å². The fourth-order valence-electron chi connectivity index (χ4n) is 3.94. The second-order valence-electron chi connectivity index (χ2n) is 6.95. The monoisotopic (exact) mass is 339 g/mol. The molecule has 0 saturated carbocycles. The Kier molecular flexibility index (Phi) is 4.57. The van der Waals surface area contributed by atoms with Crippen LogP contribution in [0.25, 0.3) is 5.69 Å². The number of hydrogen-bond acceptors (Lipinski definition) is 3. The molecule has 0 radical (unpaired) electrons. The predicted molar refractivity (Wildman–Crippen MR) is 96.1 cm³/mol. The lowest BCUT2D eigenvalue weighted by molar-refractivity contribution is 0.0723. The molecule has 132 valence electrons. The number of aromatic nitrogens is 2. The predicted octanol–water partition coefficient (Wildman–Crippen LogP) is 2.86. The van der Waals surface area contributed by atoms with E-state index in [-0.39, 0.29) is 5.91 Å². The van der Waals surface area contributed by atoms with Crippen LogP contribution >= 0.6 is 0 Å². The smallest absolute Gasteiger partial charge is 0.274 e. The van der Waals surface area contributed by atoms with E-state index in [4.69, 9.17) is 9.84 Å². The molecule has 1 aliphatic carbocycles. The number of rotatable bonds is 5. The molecule has 25 heavy (non-hydrogen) atoms. The molecule has 2 heterocycles. The van der Waals surface area contributed by atoms with E-state index >= 15 is 0 Å². The molecule has 0 spiro atoms. The second-order valence-corrected chi connectivity index (χ2v) is 6.95. The Balaban J connectivity index is 1.64. The minimum atomic E-state index is 0.0715. The average Bonchev–Trinajstić information content (AvgIpc) is 3.37. The largest absolute Gasteiger partial charge is 0.381 e. The van der Waals surface area contributed by atoms with Crippen molar-refractivity contribution in [3.63, 3.8) is 0 Å². The van der Waals surface area contributed by atoms with Gasteiger partial charge in [0.15, 0.2) is 5.69 Å². The highest BCUT2D eigenvalue weighted by Gasteiger charge is 2.30. The summed E-state index contributed by atoms with van der Waals surface area (Å²) in [6.45, 7) is 5.10. The Hall–Kier alpha value is -2.14. The molecule has 5 heteroatoms. The zero-order chi connectivity index (χ0) is 17.2. The third-order valence-corrected chi connectivity index (χ3v) is 5.31. The molecule has 1 fully saturated rings. The van der Waals surface area contributed by atoms with Crippen molar-refractivity contribution in [3.8, 4) is 5.69 Å². The van der Waals surface area contributed by atoms with Gasteiger partial charge in [0.2, 0.25) is 0 Å². The summed E-state index contributed by atoms with van der Waals surface area (Å²) in [4.78, 5) is 15.1. The highest BCUT2D eigenvalue weighted by molar-refractivity contribution is 5.94. The first-order valence-electron chi connectivity index (χ1n) is 9.31. The maximum absolute atomic E-state index is 13.2. The maximum atomic E-state index is 13.2. The Morgan fingerprint density at radius 1 is 1.32 bits per heavy atom. The molecule has 1 atom stereocenters. The van der Waals surface area contributed by atoms with Gasteiger partial charge >= 0.3 is 0 Å². The van der Waals surface area contributed by atoms with Crippen LogP contribution in [0.4, 0.5) is 0 Å². The summed E-state index contributed by atoms with van der Waals surface area (Å²) in [7, 11) is 0. The van der Waals surface area contributed by atoms with Crippen LogP contribution in [0, 0.1) is 5.92 Å². The van der Waals surface area contributed by atoms with Crippen LogP contribution in [0.3, 0.4) is 0 Å². The lowest BCUT2D eigenvalue weighted by Crippen LogP contribution is -2.36. The van der Waals surface area contributed by atoms with E-state index in [9.17, 15) is 4.79 Å². The van der Waals surface area contributed by atoms with Crippen LogP contribution in [-0.2, 0) is 17.6 Å². The molecular formula is C20H25N3O2. The van der Waals surface area contributed by atoms with Crippen molar-refractivity contribution in [3.05, 3.63) is 47.3 Å². The highest BCUT2D eigenvalue weighted by atomic mass is 16.5. The Bertz CT molecular complexity index is 748. The molecular weight excluding hydrogens is 314 g/mol. The SMILES string of the molecule is CCN(C[C@@H]1CCOC1)C(=O)c1nn(-c2ccccc2)c2c1CCC2. The van der Waals surface area contributed by atoms with Gasteiger partial charge in [-0.15, -0.1) is 0 Å². The number of carbonyl (C=O) groups is 1. The van der Waals surface area contributed by atoms with Crippen LogP contribution in [0.5, 0.6) is 0 Å². The zero-order valence-corrected chi connectivity index (χ0v) is 14.8. The van der Waals surface area contributed by atoms with E-state index in [0.717, 1.165) is 56.7 Å². The van der Waals surface area contributed by atoms with Crippen LogP contribution < -0.4 is 0 Å². The number of amides is 1. The zero-order valence-electron chi connectivity index (χ0n) is 14.8. The van der Waals surface area contributed by atoms with Crippen molar-refractivity contribution in [2.75, 3.05) is 26.3 Å². The number of para-hydroxylation sites is 1. The highest BCUT2D eigenvalue weighted by Crippen LogP contribution is 2.29. The molecule has 1 aromatic heterocycles. The number of benzene rings is 1. The molecule has 1 aromatic carbocycles. The molecule has 0 bridgehead atoms. The molecule has 2 aliphatic rings. The molecule has 2 aromatic rings. The molecule has 0 unspecified atom stereocenters. The van der Waals surface area contributed by atoms with Crippen LogP contribution in [-0.4, -0.2) is 46.9 Å². The van der Waals surface area contributed by atoms with Gasteiger partial charge in [-0.2, -0.15) is 5.10 Å². The molecule has 1 amide bonds. The standard InChI is InChI=1S/C20H25N3O2/c1-2-22(13-15-11-12-25-14-15)20(24)19-17-9-6-10-18(17)23(21-19)16-7-4-3-5-8-16/h3-5,7-8,15H,2,6,9-14H2,1H3/t15-/m0/s1. The van der Waals surface area contributed by atoms with Crippen LogP contribution in [0.1, 0.15) is 41.5 Å². The number of hydrogen-bond donors (Lipinski definition) is 0. The van der Waals surface area contributed by atoms with Crippen molar-refractivity contribution in [1.29, 1.82) is 0 Å². The third kappa shape index (κ3) is 3.09. The van der Waals surface area contributed by atoms with Gasteiger partial charge in [0, 0.05) is 36.9 Å². The summed E-state index contributed by atoms with van der Waals surface area (Å²) in [5, 5.41) is 4.74. The Labute approximate surface area is 148 Å². The van der Waals surface area contributed by atoms with Crippen molar-refractivity contribution < 1.29 is 9.53 Å². The quantitative estimate of drug-likeness (QED) is 0.841. The van der Waals surface area contributed by atoms with Crippen molar-refractivity contribution in [2.24, 2.45) is 5.92 Å². The number of carbonyl (C=O) groups excluding carboxylic acids is 1. The first-order valence-corrected chi connectivity index (χ1v) is 9.31. The summed E-state index contributed by atoms with van der Waals surface area (Å²) in [6.07, 6.45) is 4.09. The summed E-state index contributed by atoms with van der Waals surface area (Å²) < 4.78 is 7.44. The van der Waals surface area contributed by atoms with E-state index < -0.39 is 0 Å². The summed E-state index contributed by atoms with van der Waals surface area (Å²) in [5.74, 6) is 0.524. The van der Waals surface area contributed by atoms with Gasteiger partial charge in [-0.25, -0.2) is 4.68 Å². The van der Waals surface area contributed by atoms with Gasteiger partial charge in [0.05, 0.1) is 12.3 Å². The van der Waals surface area contributed by atoms with Gasteiger partial charge in [-0.05, 0) is 44.7 Å². The van der Waals surface area contributed by atoms with Crippen LogP contribution in [0.2, 0.25) is 0 Å². The van der Waals surface area contributed by atoms with Gasteiger partial charge < -0.3 is 9.64 Å². The average molecular weight is 339 g/mol. The lowest BCUT2D eigenvalue weighted by Gasteiger charge is -2.23. The fraction of sp³-hybridized carbons (Fsp3) is 0.500. The van der Waals surface area contributed by atoms with Gasteiger partial charge in [-0.1, -0.05) is 18.2 Å². The van der Waals surface area contributed by atoms with Crippen molar-refractivity contribution in [1.82, 2.24) is 14.7 Å². The van der Waals surface area contributed by atoms with Gasteiger partial charge in [-0.3, -0.25) is 4.79 Å². The molecule has 1 aliphatic heterocycles. The summed E-state index contributed by atoms with van der Waals surface area (Å²) in [5.41, 5.74) is 4.04. The summed E-state index contributed by atoms with van der Waals surface area (Å²) in [6, 6.07) is 10.1. The van der Waals surface area contributed by atoms with Crippen molar-refractivity contribution >= 4 is 5.91 Å². The Morgan fingerprint density at radius 2 is 2.16 bits per heavy atom. The van der Waals surface area contributed by atoms with E-state index in [1.54, 1.807) is 0 Å². The molecule has 4 rings (SSSR count). The number of fused-ring (bicyclic) bond motifs is 1. The second kappa shape index (κ2) is 7.00. The lowest BCUT2D eigenvalue weighted by atomic mass is 10.1. The van der Waals surface area contributed by atoms with E-state index in [1.807, 2.05) is 46.8 Å². The fourth-order valence-corrected chi connectivity index (χ4v) is 3.94. The molecule has 0 N–H and O–H groups in total. The molecule has 5 nitrogen and oxygen atoms in total. The minimum absolute atomic E-state index is 0.0715. The minimum Gasteiger partial charge on any atom is -0.381 e. The van der Waals surface area contributed by atoms with Gasteiger partial charge in [0.1, 0.15) is 0 Å². The van der Waals surface area contributed by atoms with Crippen LogP contribution in [0.15, 0.2) is 30.3 Å². The molecule has 1 saturated heterocycles. The Morgan fingerprint density at radius 3 is 2.88 bits per heavy atom. The summed E-state index contributed by atoms with van der Waals surface area (Å²) >= 11 is 0. The third-order valence-electron chi connectivity index (χ3n) is 5.31. The topological polar surface area (TPSA) is 47.4 Å². The number of nitrogens with zero attached hydrogens (tertiary/aromatic N) is 3. The first kappa shape index (κ1) is 16.3. The van der Waals surface area contributed by atoms with Gasteiger partial charge in [0.25, 0.3) is 5.91 Å².